The molecule has 0 atom stereocenters. The zero-order chi connectivity index (χ0) is 18.3. The first-order valence-corrected chi connectivity index (χ1v) is 9.26. The molecule has 136 valence electrons. The highest BCUT2D eigenvalue weighted by Gasteiger charge is 2.11. The fourth-order valence-corrected chi connectivity index (χ4v) is 3.12. The Morgan fingerprint density at radius 2 is 1.70 bits per heavy atom. The van der Waals surface area contributed by atoms with E-state index in [9.17, 15) is 0 Å². The topological polar surface area (TPSA) is 47.7 Å². The van der Waals surface area contributed by atoms with E-state index in [1.807, 2.05) is 47.7 Å². The van der Waals surface area contributed by atoms with Crippen molar-refractivity contribution in [2.75, 3.05) is 6.54 Å². The summed E-state index contributed by atoms with van der Waals surface area (Å²) in [6, 6.07) is 20.6. The maximum Gasteiger partial charge on any atom is 0.0972 e. The molecule has 2 heterocycles. The van der Waals surface area contributed by atoms with Gasteiger partial charge in [0.15, 0.2) is 0 Å². The second kappa shape index (κ2) is 8.47. The highest BCUT2D eigenvalue weighted by Crippen LogP contribution is 2.23. The maximum atomic E-state index is 4.85. The van der Waals surface area contributed by atoms with Crippen LogP contribution in [-0.4, -0.2) is 25.9 Å². The predicted octanol–water partition coefficient (Wildman–Crippen LogP) is 3.92. The lowest BCUT2D eigenvalue weighted by atomic mass is 10.1. The number of nitrogens with one attached hydrogen (secondary N) is 1. The maximum absolute atomic E-state index is 4.85. The van der Waals surface area contributed by atoms with E-state index in [4.69, 9.17) is 5.10 Å². The number of aromatic nitrogens is 4. The van der Waals surface area contributed by atoms with Crippen LogP contribution in [0.1, 0.15) is 12.0 Å². The van der Waals surface area contributed by atoms with Crippen LogP contribution < -0.4 is 5.32 Å². The Bertz CT molecular complexity index is 943. The van der Waals surface area contributed by atoms with E-state index in [-0.39, 0.29) is 0 Å². The highest BCUT2D eigenvalue weighted by molar-refractivity contribution is 5.63. The Hall–Kier alpha value is -3.18. The molecule has 5 nitrogen and oxygen atoms in total. The molecule has 0 bridgehead atoms. The monoisotopic (exact) mass is 357 g/mol. The molecular weight excluding hydrogens is 334 g/mol. The fraction of sp³-hybridized carbons (Fsp3) is 0.182. The summed E-state index contributed by atoms with van der Waals surface area (Å²) in [6.45, 7) is 2.71. The Labute approximate surface area is 159 Å². The lowest BCUT2D eigenvalue weighted by Crippen LogP contribution is -2.16. The van der Waals surface area contributed by atoms with E-state index in [0.717, 1.165) is 43.0 Å². The summed E-state index contributed by atoms with van der Waals surface area (Å²) in [6.07, 6.45) is 8.86. The number of para-hydroxylation sites is 1. The van der Waals surface area contributed by atoms with Gasteiger partial charge in [0.25, 0.3) is 0 Å². The van der Waals surface area contributed by atoms with Crippen molar-refractivity contribution in [3.63, 3.8) is 0 Å². The lowest BCUT2D eigenvalue weighted by molar-refractivity contribution is 0.581. The normalized spacial score (nSPS) is 11.0. The molecule has 2 aromatic carbocycles. The van der Waals surface area contributed by atoms with Gasteiger partial charge < -0.3 is 9.88 Å². The summed E-state index contributed by atoms with van der Waals surface area (Å²) in [7, 11) is 0. The summed E-state index contributed by atoms with van der Waals surface area (Å²) in [4.78, 5) is 4.08. The zero-order valence-corrected chi connectivity index (χ0v) is 15.2. The Kier molecular flexibility index (Phi) is 5.41. The van der Waals surface area contributed by atoms with Gasteiger partial charge in [-0.15, -0.1) is 0 Å². The van der Waals surface area contributed by atoms with Crippen LogP contribution in [0, 0.1) is 0 Å². The molecule has 4 aromatic rings. The van der Waals surface area contributed by atoms with E-state index in [1.165, 1.54) is 5.56 Å². The SMILES string of the molecule is c1ccc(-c2nn(-c3ccccc3)cc2CNCCCn2ccnc2)cc1. The number of hydrogen-bond donors (Lipinski definition) is 1. The van der Waals surface area contributed by atoms with Crippen LogP contribution in [0.5, 0.6) is 0 Å². The molecule has 0 aliphatic carbocycles. The van der Waals surface area contributed by atoms with E-state index >= 15 is 0 Å². The fourth-order valence-electron chi connectivity index (χ4n) is 3.12. The van der Waals surface area contributed by atoms with Crippen LogP contribution in [-0.2, 0) is 13.1 Å². The third-order valence-corrected chi connectivity index (χ3v) is 4.50. The molecule has 0 saturated carbocycles. The number of rotatable bonds is 8. The largest absolute Gasteiger partial charge is 0.337 e. The van der Waals surface area contributed by atoms with Gasteiger partial charge in [-0.3, -0.25) is 0 Å². The first-order chi connectivity index (χ1) is 13.4. The third kappa shape index (κ3) is 4.33. The minimum absolute atomic E-state index is 0.793. The van der Waals surface area contributed by atoms with Gasteiger partial charge in [-0.25, -0.2) is 9.67 Å². The van der Waals surface area contributed by atoms with E-state index < -0.39 is 0 Å². The summed E-state index contributed by atoms with van der Waals surface area (Å²) < 4.78 is 4.06. The van der Waals surface area contributed by atoms with Crippen LogP contribution in [0.15, 0.2) is 85.6 Å². The third-order valence-electron chi connectivity index (χ3n) is 4.50. The van der Waals surface area contributed by atoms with Gasteiger partial charge in [-0.05, 0) is 25.1 Å². The number of benzene rings is 2. The van der Waals surface area contributed by atoms with Crippen molar-refractivity contribution in [2.45, 2.75) is 19.5 Å². The smallest absolute Gasteiger partial charge is 0.0972 e. The molecule has 0 aliphatic rings. The Balaban J connectivity index is 1.47. The first-order valence-electron chi connectivity index (χ1n) is 9.26. The van der Waals surface area contributed by atoms with Gasteiger partial charge >= 0.3 is 0 Å². The quantitative estimate of drug-likeness (QED) is 0.486. The van der Waals surface area contributed by atoms with Crippen molar-refractivity contribution in [2.24, 2.45) is 0 Å². The molecule has 4 rings (SSSR count). The zero-order valence-electron chi connectivity index (χ0n) is 15.2. The minimum Gasteiger partial charge on any atom is -0.337 e. The number of nitrogens with zero attached hydrogens (tertiary/aromatic N) is 4. The van der Waals surface area contributed by atoms with Gasteiger partial charge in [-0.1, -0.05) is 48.5 Å². The van der Waals surface area contributed by atoms with Gasteiger partial charge in [0, 0.05) is 42.8 Å². The Morgan fingerprint density at radius 1 is 0.926 bits per heavy atom. The van der Waals surface area contributed by atoms with Gasteiger partial charge in [0.05, 0.1) is 17.7 Å². The van der Waals surface area contributed by atoms with E-state index in [2.05, 4.69) is 57.5 Å². The average Bonchev–Trinajstić information content (AvgIpc) is 3.39. The molecule has 0 saturated heterocycles. The summed E-state index contributed by atoms with van der Waals surface area (Å²) in [5, 5.41) is 8.41. The molecule has 0 aliphatic heterocycles. The van der Waals surface area contributed by atoms with Gasteiger partial charge in [0.1, 0.15) is 0 Å². The average molecular weight is 357 g/mol. The number of aryl methyl sites for hydroxylation is 1. The van der Waals surface area contributed by atoms with Gasteiger partial charge in [-0.2, -0.15) is 5.10 Å². The molecule has 0 fully saturated rings. The van der Waals surface area contributed by atoms with Gasteiger partial charge in [0.2, 0.25) is 0 Å². The summed E-state index contributed by atoms with van der Waals surface area (Å²) >= 11 is 0. The second-order valence-electron chi connectivity index (χ2n) is 6.48. The van der Waals surface area contributed by atoms with Crippen LogP contribution in [0.25, 0.3) is 16.9 Å². The lowest BCUT2D eigenvalue weighted by Gasteiger charge is -2.06. The second-order valence-corrected chi connectivity index (χ2v) is 6.48. The van der Waals surface area contributed by atoms with Crippen LogP contribution in [0.3, 0.4) is 0 Å². The minimum atomic E-state index is 0.793. The van der Waals surface area contributed by atoms with Crippen LogP contribution in [0.2, 0.25) is 0 Å². The van der Waals surface area contributed by atoms with Crippen molar-refractivity contribution in [1.29, 1.82) is 0 Å². The molecule has 27 heavy (non-hydrogen) atoms. The Morgan fingerprint density at radius 3 is 2.44 bits per heavy atom. The van der Waals surface area contributed by atoms with Crippen molar-refractivity contribution >= 4 is 0 Å². The van der Waals surface area contributed by atoms with Crippen molar-refractivity contribution < 1.29 is 0 Å². The molecule has 1 N–H and O–H groups in total. The molecule has 5 heteroatoms. The highest BCUT2D eigenvalue weighted by atomic mass is 15.3. The van der Waals surface area contributed by atoms with Crippen LogP contribution in [0.4, 0.5) is 0 Å². The molecule has 2 aromatic heterocycles. The first kappa shape index (κ1) is 17.2. The van der Waals surface area contributed by atoms with Crippen molar-refractivity contribution in [1.82, 2.24) is 24.6 Å². The summed E-state index contributed by atoms with van der Waals surface area (Å²) in [5.74, 6) is 0. The molecule has 0 unspecified atom stereocenters. The molecular formula is C22H23N5. The molecule has 0 amide bonds. The number of hydrogen-bond acceptors (Lipinski definition) is 3. The van der Waals surface area contributed by atoms with E-state index in [0.29, 0.717) is 0 Å². The van der Waals surface area contributed by atoms with Crippen molar-refractivity contribution in [3.05, 3.63) is 91.1 Å². The van der Waals surface area contributed by atoms with Crippen LogP contribution >= 0.6 is 0 Å². The molecule has 0 spiro atoms. The summed E-state index contributed by atoms with van der Waals surface area (Å²) in [5.41, 5.74) is 4.44. The van der Waals surface area contributed by atoms with E-state index in [1.54, 1.807) is 0 Å². The number of imidazole rings is 1. The molecule has 0 radical (unpaired) electrons. The standard InChI is InChI=1S/C22H23N5/c1-3-8-19(9-4-1)22-20(16-23-12-7-14-26-15-13-24-18-26)17-27(25-22)21-10-5-2-6-11-21/h1-6,8-11,13,15,17-18,23H,7,12,14,16H2. The van der Waals surface area contributed by atoms with Crippen molar-refractivity contribution in [3.8, 4) is 16.9 Å². The predicted molar refractivity (Wildman–Crippen MR) is 108 cm³/mol.